The number of halogens is 1. The molecule has 0 bridgehead atoms. The van der Waals surface area contributed by atoms with E-state index in [1.165, 1.54) is 4.31 Å². The molecular weight excluding hydrogens is 470 g/mol. The molecule has 34 heavy (non-hydrogen) atoms. The first-order chi connectivity index (χ1) is 16.2. The summed E-state index contributed by atoms with van der Waals surface area (Å²) in [7, 11) is -4.07. The second kappa shape index (κ2) is 9.74. The predicted molar refractivity (Wildman–Crippen MR) is 133 cm³/mol. The lowest BCUT2D eigenvalue weighted by atomic mass is 9.89. The third kappa shape index (κ3) is 4.67. The van der Waals surface area contributed by atoms with E-state index in [9.17, 15) is 18.3 Å². The van der Waals surface area contributed by atoms with Gasteiger partial charge in [-0.1, -0.05) is 78.7 Å². The van der Waals surface area contributed by atoms with Gasteiger partial charge in [0.25, 0.3) is 0 Å². The molecule has 1 aliphatic heterocycles. The minimum atomic E-state index is -4.07. The lowest BCUT2D eigenvalue weighted by Gasteiger charge is -2.40. The quantitative estimate of drug-likeness (QED) is 0.448. The van der Waals surface area contributed by atoms with E-state index in [0.29, 0.717) is 10.6 Å². The van der Waals surface area contributed by atoms with Crippen LogP contribution in [0.5, 0.6) is 0 Å². The largest absolute Gasteiger partial charge is 0.478 e. The van der Waals surface area contributed by atoms with Crippen LogP contribution in [0, 0.1) is 6.92 Å². The van der Waals surface area contributed by atoms with Crippen molar-refractivity contribution in [1.29, 1.82) is 0 Å². The van der Waals surface area contributed by atoms with E-state index in [2.05, 4.69) is 6.92 Å². The predicted octanol–water partition coefficient (Wildman–Crippen LogP) is 6.10. The van der Waals surface area contributed by atoms with E-state index in [4.69, 9.17) is 11.6 Å². The third-order valence-corrected chi connectivity index (χ3v) is 8.36. The van der Waals surface area contributed by atoms with Crippen LogP contribution >= 0.6 is 11.6 Å². The summed E-state index contributed by atoms with van der Waals surface area (Å²) in [6.45, 7) is 3.94. The SMILES string of the molecule is CCc1ccc([C@@H]2CC=C(C(=O)O)[C@H](c3ccc(Cl)cc3)N2S(=O)(=O)c2ccc(C)cc2)cc1. The second-order valence-corrected chi connectivity index (χ2v) is 10.7. The zero-order valence-electron chi connectivity index (χ0n) is 19.0. The Morgan fingerprint density at radius 2 is 1.56 bits per heavy atom. The first-order valence-electron chi connectivity index (χ1n) is 11.1. The van der Waals surface area contributed by atoms with Crippen LogP contribution in [0.25, 0.3) is 0 Å². The van der Waals surface area contributed by atoms with Crippen molar-refractivity contribution >= 4 is 27.6 Å². The maximum Gasteiger partial charge on any atom is 0.333 e. The summed E-state index contributed by atoms with van der Waals surface area (Å²) >= 11 is 6.08. The van der Waals surface area contributed by atoms with Gasteiger partial charge in [-0.05, 0) is 60.7 Å². The average Bonchev–Trinajstić information content (AvgIpc) is 2.84. The molecule has 5 nitrogen and oxygen atoms in total. The maximum atomic E-state index is 14.1. The van der Waals surface area contributed by atoms with Crippen LogP contribution < -0.4 is 0 Å². The molecule has 0 saturated carbocycles. The summed E-state index contributed by atoms with van der Waals surface area (Å²) in [5.74, 6) is -1.15. The van der Waals surface area contributed by atoms with Crippen LogP contribution in [0.3, 0.4) is 0 Å². The van der Waals surface area contributed by atoms with Crippen molar-refractivity contribution in [2.45, 2.75) is 43.7 Å². The molecule has 3 aromatic rings. The van der Waals surface area contributed by atoms with Gasteiger partial charge in [0.05, 0.1) is 22.6 Å². The minimum absolute atomic E-state index is 0.0273. The summed E-state index contributed by atoms with van der Waals surface area (Å²) in [6.07, 6.45) is 2.76. The molecule has 3 aromatic carbocycles. The molecule has 1 N–H and O–H groups in total. The Bertz CT molecular complexity index is 1310. The molecule has 1 heterocycles. The summed E-state index contributed by atoms with van der Waals surface area (Å²) < 4.78 is 29.6. The molecule has 0 aliphatic carbocycles. The monoisotopic (exact) mass is 495 g/mol. The lowest BCUT2D eigenvalue weighted by Crippen LogP contribution is -2.42. The van der Waals surface area contributed by atoms with Gasteiger partial charge in [-0.2, -0.15) is 4.31 Å². The fraction of sp³-hybridized carbons (Fsp3) is 0.222. The van der Waals surface area contributed by atoms with Crippen LogP contribution in [-0.4, -0.2) is 23.8 Å². The summed E-state index contributed by atoms with van der Waals surface area (Å²) in [5, 5.41) is 10.5. The van der Waals surface area contributed by atoms with Gasteiger partial charge >= 0.3 is 5.97 Å². The Labute approximate surface area is 205 Å². The molecule has 2 atom stereocenters. The number of rotatable bonds is 6. The highest BCUT2D eigenvalue weighted by Gasteiger charge is 2.44. The first kappa shape index (κ1) is 24.2. The van der Waals surface area contributed by atoms with Gasteiger partial charge in [0.15, 0.2) is 0 Å². The zero-order chi connectivity index (χ0) is 24.5. The maximum absolute atomic E-state index is 14.1. The Morgan fingerprint density at radius 1 is 0.971 bits per heavy atom. The van der Waals surface area contributed by atoms with E-state index >= 15 is 0 Å². The number of sulfonamides is 1. The number of carbonyl (C=O) groups is 1. The Morgan fingerprint density at radius 3 is 2.12 bits per heavy atom. The smallest absolute Gasteiger partial charge is 0.333 e. The fourth-order valence-electron chi connectivity index (χ4n) is 4.34. The normalized spacial score (nSPS) is 19.0. The molecular formula is C27H26ClNO4S. The molecule has 176 valence electrons. The first-order valence-corrected chi connectivity index (χ1v) is 12.9. The lowest BCUT2D eigenvalue weighted by molar-refractivity contribution is -0.133. The van der Waals surface area contributed by atoms with Crippen molar-refractivity contribution in [2.75, 3.05) is 0 Å². The topological polar surface area (TPSA) is 74.7 Å². The fourth-order valence-corrected chi connectivity index (χ4v) is 6.25. The van der Waals surface area contributed by atoms with Crippen molar-refractivity contribution < 1.29 is 18.3 Å². The van der Waals surface area contributed by atoms with Crippen LogP contribution in [0.4, 0.5) is 0 Å². The summed E-state index contributed by atoms with van der Waals surface area (Å²) in [4.78, 5) is 12.4. The highest BCUT2D eigenvalue weighted by Crippen LogP contribution is 2.45. The molecule has 1 aliphatic rings. The van der Waals surface area contributed by atoms with Crippen LogP contribution in [0.15, 0.2) is 89.3 Å². The zero-order valence-corrected chi connectivity index (χ0v) is 20.6. The van der Waals surface area contributed by atoms with Crippen LogP contribution in [0.2, 0.25) is 5.02 Å². The van der Waals surface area contributed by atoms with Crippen molar-refractivity contribution in [3.05, 3.63) is 112 Å². The molecule has 0 radical (unpaired) electrons. The van der Waals surface area contributed by atoms with Gasteiger partial charge in [-0.15, -0.1) is 0 Å². The number of aryl methyl sites for hydroxylation is 2. The van der Waals surface area contributed by atoms with E-state index in [-0.39, 0.29) is 16.9 Å². The van der Waals surface area contributed by atoms with Gasteiger partial charge in [0, 0.05) is 5.02 Å². The van der Waals surface area contributed by atoms with E-state index in [0.717, 1.165) is 23.1 Å². The summed E-state index contributed by atoms with van der Waals surface area (Å²) in [5.41, 5.74) is 3.46. The van der Waals surface area contributed by atoms with Gasteiger partial charge in [0.2, 0.25) is 10.0 Å². The van der Waals surface area contributed by atoms with E-state index in [1.54, 1.807) is 54.6 Å². The number of nitrogens with zero attached hydrogens (tertiary/aromatic N) is 1. The van der Waals surface area contributed by atoms with Crippen molar-refractivity contribution in [3.63, 3.8) is 0 Å². The van der Waals surface area contributed by atoms with Gasteiger partial charge in [-0.25, -0.2) is 13.2 Å². The molecule has 0 amide bonds. The van der Waals surface area contributed by atoms with Crippen LogP contribution in [0.1, 0.15) is 47.7 Å². The number of aliphatic carboxylic acids is 1. The van der Waals surface area contributed by atoms with E-state index < -0.39 is 28.1 Å². The molecule has 4 rings (SSSR count). The molecule has 0 spiro atoms. The highest BCUT2D eigenvalue weighted by atomic mass is 35.5. The molecule has 0 fully saturated rings. The standard InChI is InChI=1S/C27H26ClNO4S/c1-3-19-6-8-20(9-7-19)25-17-16-24(27(30)31)26(21-10-12-22(28)13-11-21)29(25)34(32,33)23-14-4-18(2)5-15-23/h4-16,25-26H,3,17H2,1-2H3,(H,30,31)/t25-,26-/m0/s1. The number of carboxylic acids is 1. The second-order valence-electron chi connectivity index (χ2n) is 8.41. The van der Waals surface area contributed by atoms with Gasteiger partial charge < -0.3 is 5.11 Å². The van der Waals surface area contributed by atoms with Crippen molar-refractivity contribution in [3.8, 4) is 0 Å². The summed E-state index contributed by atoms with van der Waals surface area (Å²) in [6, 6.07) is 19.5. The Balaban J connectivity index is 1.94. The molecule has 0 unspecified atom stereocenters. The molecule has 7 heteroatoms. The Kier molecular flexibility index (Phi) is 6.94. The highest BCUT2D eigenvalue weighted by molar-refractivity contribution is 7.89. The minimum Gasteiger partial charge on any atom is -0.478 e. The van der Waals surface area contributed by atoms with Crippen molar-refractivity contribution in [2.24, 2.45) is 0 Å². The average molecular weight is 496 g/mol. The number of benzene rings is 3. The molecule has 0 saturated heterocycles. The molecule has 0 aromatic heterocycles. The number of hydrogen-bond acceptors (Lipinski definition) is 3. The van der Waals surface area contributed by atoms with Crippen molar-refractivity contribution in [1.82, 2.24) is 4.31 Å². The Hall–Kier alpha value is -2.93. The third-order valence-electron chi connectivity index (χ3n) is 6.22. The number of carboxylic acid groups (broad SMARTS) is 1. The van der Waals surface area contributed by atoms with Gasteiger partial charge in [0.1, 0.15) is 0 Å². The van der Waals surface area contributed by atoms with E-state index in [1.807, 2.05) is 31.2 Å². The number of hydrogen-bond donors (Lipinski definition) is 1. The van der Waals surface area contributed by atoms with Gasteiger partial charge in [-0.3, -0.25) is 0 Å². The van der Waals surface area contributed by atoms with Crippen LogP contribution in [-0.2, 0) is 21.2 Å².